The molecule has 0 radical (unpaired) electrons. The van der Waals surface area contributed by atoms with Crippen molar-refractivity contribution in [3.63, 3.8) is 0 Å². The summed E-state index contributed by atoms with van der Waals surface area (Å²) in [5.41, 5.74) is 10.3. The first kappa shape index (κ1) is 26.7. The number of rotatable bonds is 4. The topological polar surface area (TPSA) is 56.2 Å². The van der Waals surface area contributed by atoms with Gasteiger partial charge < -0.3 is 4.42 Å². The number of benzene rings is 5. The highest BCUT2D eigenvalue weighted by atomic mass is 16.3. The van der Waals surface area contributed by atoms with E-state index in [9.17, 15) is 0 Å². The molecule has 9 rings (SSSR count). The number of pyridine rings is 3. The molecule has 0 aliphatic rings. The molecule has 4 aromatic heterocycles. The Morgan fingerprint density at radius 3 is 1.79 bits per heavy atom. The Labute approximate surface area is 270 Å². The molecule has 5 aromatic carbocycles. The number of hydrogen-bond acceptors (Lipinski definition) is 4. The predicted molar refractivity (Wildman–Crippen MR) is 190 cm³/mol. The molecule has 0 saturated carbocycles. The number of aromatic nitrogens is 3. The average molecular weight is 601 g/mol. The maximum Gasteiger partial charge on any atom is 0.187 e. The van der Waals surface area contributed by atoms with Crippen LogP contribution in [0.25, 0.3) is 93.1 Å². The summed E-state index contributed by atoms with van der Waals surface area (Å²) < 4.78 is 6.67. The van der Waals surface area contributed by atoms with E-state index in [1.807, 2.05) is 54.6 Å². The summed E-state index contributed by atoms with van der Waals surface area (Å²) in [5.74, 6) is 0. The number of hydrogen-bond donors (Lipinski definition) is 0. The van der Waals surface area contributed by atoms with Gasteiger partial charge in [0.05, 0.1) is 18.0 Å². The van der Waals surface area contributed by atoms with Crippen LogP contribution in [0.15, 0.2) is 151 Å². The third-order valence-electron chi connectivity index (χ3n) is 8.86. The minimum atomic E-state index is 0.628. The molecule has 0 fully saturated rings. The molecule has 0 saturated heterocycles. The molecule has 0 amide bonds. The molecule has 5 nitrogen and oxygen atoms in total. The third kappa shape index (κ3) is 4.51. The second kappa shape index (κ2) is 10.8. The van der Waals surface area contributed by atoms with E-state index < -0.39 is 0 Å². The molecule has 0 N–H and O–H groups in total. The van der Waals surface area contributed by atoms with Crippen LogP contribution in [0.2, 0.25) is 0 Å². The van der Waals surface area contributed by atoms with Crippen molar-refractivity contribution < 1.29 is 4.42 Å². The first-order valence-electron chi connectivity index (χ1n) is 15.4. The van der Waals surface area contributed by atoms with Gasteiger partial charge in [-0.05, 0) is 99.1 Å². The van der Waals surface area contributed by atoms with Gasteiger partial charge in [-0.15, -0.1) is 0 Å². The molecule has 0 spiro atoms. The molecule has 0 bridgehead atoms. The predicted octanol–water partition coefficient (Wildman–Crippen LogP) is 11.3. The summed E-state index contributed by atoms with van der Waals surface area (Å²) >= 11 is 0. The monoisotopic (exact) mass is 600 g/mol. The van der Waals surface area contributed by atoms with Crippen molar-refractivity contribution in [3.05, 3.63) is 158 Å². The van der Waals surface area contributed by atoms with E-state index >= 15 is 0 Å². The van der Waals surface area contributed by atoms with Gasteiger partial charge in [0.25, 0.3) is 0 Å². The van der Waals surface area contributed by atoms with E-state index in [0.29, 0.717) is 5.69 Å². The second-order valence-corrected chi connectivity index (χ2v) is 11.6. The van der Waals surface area contributed by atoms with Crippen LogP contribution < -0.4 is 0 Å². The molecular formula is C42H24N4O. The minimum absolute atomic E-state index is 0.628. The lowest BCUT2D eigenvalue weighted by molar-refractivity contribution is 0.673. The first-order chi connectivity index (χ1) is 23.2. The number of nitrogens with zero attached hydrogens (tertiary/aromatic N) is 4. The first-order valence-corrected chi connectivity index (χ1v) is 15.4. The second-order valence-electron chi connectivity index (χ2n) is 11.6. The lowest BCUT2D eigenvalue weighted by Gasteiger charge is -2.13. The highest BCUT2D eigenvalue weighted by Gasteiger charge is 2.18. The highest BCUT2D eigenvalue weighted by Crippen LogP contribution is 2.43. The average Bonchev–Trinajstić information content (AvgIpc) is 3.55. The van der Waals surface area contributed by atoms with E-state index in [-0.39, 0.29) is 0 Å². The van der Waals surface area contributed by atoms with Gasteiger partial charge in [-0.3, -0.25) is 9.97 Å². The molecule has 0 atom stereocenters. The SMILES string of the molecule is [C-]#[N+]c1cccc(-c2ccc3c4ccc(-c5cc(-c6ccncc6)nc(-c6ccncc6)c5)cc4c4oc5ccccc5c4c3c2)c1. The van der Waals surface area contributed by atoms with Crippen molar-refractivity contribution >= 4 is 49.2 Å². The van der Waals surface area contributed by atoms with Crippen LogP contribution in [0.4, 0.5) is 5.69 Å². The summed E-state index contributed by atoms with van der Waals surface area (Å²) in [6, 6.07) is 41.5. The Bertz CT molecular complexity index is 2630. The van der Waals surface area contributed by atoms with Gasteiger partial charge in [-0.25, -0.2) is 9.83 Å². The summed E-state index contributed by atoms with van der Waals surface area (Å²) in [7, 11) is 0. The Balaban J connectivity index is 1.31. The number of fused-ring (bicyclic) bond motifs is 8. The summed E-state index contributed by atoms with van der Waals surface area (Å²) in [5, 5.41) is 6.62. The highest BCUT2D eigenvalue weighted by molar-refractivity contribution is 6.30. The smallest absolute Gasteiger partial charge is 0.187 e. The van der Waals surface area contributed by atoms with Gasteiger partial charge >= 0.3 is 0 Å². The van der Waals surface area contributed by atoms with Gasteiger partial charge in [0, 0.05) is 52.1 Å². The van der Waals surface area contributed by atoms with Crippen molar-refractivity contribution in [2.75, 3.05) is 0 Å². The van der Waals surface area contributed by atoms with Crippen molar-refractivity contribution in [2.45, 2.75) is 0 Å². The lowest BCUT2D eigenvalue weighted by Crippen LogP contribution is -1.92. The van der Waals surface area contributed by atoms with Crippen LogP contribution in [0.3, 0.4) is 0 Å². The van der Waals surface area contributed by atoms with Crippen molar-refractivity contribution in [1.29, 1.82) is 0 Å². The minimum Gasteiger partial charge on any atom is -0.455 e. The van der Waals surface area contributed by atoms with Crippen LogP contribution in [0, 0.1) is 6.57 Å². The Kier molecular flexibility index (Phi) is 6.12. The molecule has 4 heterocycles. The zero-order valence-corrected chi connectivity index (χ0v) is 25.1. The molecule has 218 valence electrons. The van der Waals surface area contributed by atoms with E-state index in [0.717, 1.165) is 88.3 Å². The van der Waals surface area contributed by atoms with E-state index in [1.165, 1.54) is 0 Å². The van der Waals surface area contributed by atoms with Crippen molar-refractivity contribution in [2.24, 2.45) is 0 Å². The Morgan fingerprint density at radius 1 is 0.468 bits per heavy atom. The van der Waals surface area contributed by atoms with Gasteiger partial charge in [-0.1, -0.05) is 60.7 Å². The lowest BCUT2D eigenvalue weighted by atomic mass is 9.91. The summed E-state index contributed by atoms with van der Waals surface area (Å²) in [6.07, 6.45) is 7.18. The van der Waals surface area contributed by atoms with Crippen LogP contribution in [-0.2, 0) is 0 Å². The van der Waals surface area contributed by atoms with E-state index in [2.05, 4.69) is 81.5 Å². The Hall–Kier alpha value is -6.64. The van der Waals surface area contributed by atoms with Gasteiger partial charge in [0.1, 0.15) is 11.2 Å². The third-order valence-corrected chi connectivity index (χ3v) is 8.86. The standard InChI is InChI=1S/C42H24N4O/c1-43-32-6-4-5-28(21-32)29-9-11-33-34-12-10-30(23-37(34)42-41(36(33)22-29)35-7-2-3-8-40(35)47-42)31-24-38(26-13-17-44-18-14-26)46-39(25-31)27-15-19-45-20-16-27/h2-25H. The van der Waals surface area contributed by atoms with Gasteiger partial charge in [-0.2, -0.15) is 0 Å². The molecule has 9 aromatic rings. The van der Waals surface area contributed by atoms with E-state index in [4.69, 9.17) is 16.0 Å². The van der Waals surface area contributed by atoms with Crippen molar-refractivity contribution in [3.8, 4) is 44.8 Å². The van der Waals surface area contributed by atoms with E-state index in [1.54, 1.807) is 24.8 Å². The molecule has 0 aliphatic heterocycles. The van der Waals surface area contributed by atoms with Gasteiger partial charge in [0.2, 0.25) is 0 Å². The van der Waals surface area contributed by atoms with Gasteiger partial charge in [0.15, 0.2) is 5.69 Å². The maximum absolute atomic E-state index is 7.50. The largest absolute Gasteiger partial charge is 0.455 e. The fourth-order valence-electron chi connectivity index (χ4n) is 6.61. The summed E-state index contributed by atoms with van der Waals surface area (Å²) in [6.45, 7) is 7.50. The normalized spacial score (nSPS) is 11.4. The number of para-hydroxylation sites is 1. The molecular weight excluding hydrogens is 576 g/mol. The zero-order chi connectivity index (χ0) is 31.3. The summed E-state index contributed by atoms with van der Waals surface area (Å²) in [4.78, 5) is 17.1. The molecule has 0 aliphatic carbocycles. The van der Waals surface area contributed by atoms with Crippen LogP contribution in [0.5, 0.6) is 0 Å². The van der Waals surface area contributed by atoms with Crippen molar-refractivity contribution in [1.82, 2.24) is 15.0 Å². The molecule has 0 unspecified atom stereocenters. The molecule has 47 heavy (non-hydrogen) atoms. The maximum atomic E-state index is 7.50. The zero-order valence-electron chi connectivity index (χ0n) is 25.1. The van der Waals surface area contributed by atoms with Crippen LogP contribution >= 0.6 is 0 Å². The fourth-order valence-corrected chi connectivity index (χ4v) is 6.61. The number of furan rings is 1. The van der Waals surface area contributed by atoms with Crippen LogP contribution in [-0.4, -0.2) is 15.0 Å². The quantitative estimate of drug-likeness (QED) is 0.149. The van der Waals surface area contributed by atoms with Crippen LogP contribution in [0.1, 0.15) is 0 Å². The molecule has 5 heteroatoms. The fraction of sp³-hybridized carbons (Fsp3) is 0. The Morgan fingerprint density at radius 2 is 1.09 bits per heavy atom.